The number of imide groups is 1. The average molecular weight is 627 g/mol. The lowest BCUT2D eigenvalue weighted by Crippen LogP contribution is -2.41. The molecule has 5 rings (SSSR count). The van der Waals surface area contributed by atoms with Gasteiger partial charge in [-0.25, -0.2) is 14.4 Å². The van der Waals surface area contributed by atoms with E-state index in [1.165, 1.54) is 4.90 Å². The number of ether oxygens (including phenoxy) is 1. The largest absolute Gasteiger partial charge is 0.447 e. The van der Waals surface area contributed by atoms with Crippen LogP contribution in [0.3, 0.4) is 0 Å². The molecule has 0 N–H and O–H groups in total. The van der Waals surface area contributed by atoms with Gasteiger partial charge >= 0.3 is 6.09 Å². The molecule has 1 fully saturated rings. The maximum absolute atomic E-state index is 14.1. The van der Waals surface area contributed by atoms with Crippen LogP contribution in [0.5, 0.6) is 0 Å². The van der Waals surface area contributed by atoms with Crippen LogP contribution in [0.4, 0.5) is 4.79 Å². The number of benzene rings is 3. The highest BCUT2D eigenvalue weighted by Crippen LogP contribution is 2.39. The number of cyclic esters (lactones) is 1. The minimum Gasteiger partial charge on any atom is -0.447 e. The molecule has 8 nitrogen and oxygen atoms in total. The third-order valence-electron chi connectivity index (χ3n) is 9.75. The van der Waals surface area contributed by atoms with E-state index in [4.69, 9.17) is 9.16 Å². The fourth-order valence-corrected chi connectivity index (χ4v) is 6.76. The third-order valence-corrected chi connectivity index (χ3v) is 14.2. The van der Waals surface area contributed by atoms with Crippen LogP contribution in [-0.4, -0.2) is 52.9 Å². The van der Waals surface area contributed by atoms with Crippen LogP contribution >= 0.6 is 0 Å². The molecule has 3 aromatic carbocycles. The van der Waals surface area contributed by atoms with E-state index in [1.54, 1.807) is 0 Å². The molecule has 2 amide bonds. The summed E-state index contributed by atoms with van der Waals surface area (Å²) in [5, 5.41) is 8.93. The second kappa shape index (κ2) is 12.9. The second-order valence-corrected chi connectivity index (χ2v) is 18.5. The van der Waals surface area contributed by atoms with Gasteiger partial charge in [-0.05, 0) is 84.8 Å². The molecule has 4 aromatic rings. The fourth-order valence-electron chi connectivity index (χ4n) is 5.82. The Morgan fingerprint density at radius 1 is 1.09 bits per heavy atom. The van der Waals surface area contributed by atoms with Gasteiger partial charge in [0.25, 0.3) is 0 Å². The lowest BCUT2D eigenvalue weighted by molar-refractivity contribution is -0.129. The first-order chi connectivity index (χ1) is 21.3. The molecule has 238 valence electrons. The lowest BCUT2D eigenvalue weighted by Gasteiger charge is -2.36. The average Bonchev–Trinajstić information content (AvgIpc) is 3.59. The Labute approximate surface area is 267 Å². The number of carbonyl (C=O) groups excluding carboxylic acids is 2. The van der Waals surface area contributed by atoms with Gasteiger partial charge in [0.05, 0.1) is 18.2 Å². The highest BCUT2D eigenvalue weighted by molar-refractivity contribution is 6.74. The van der Waals surface area contributed by atoms with Gasteiger partial charge in [0, 0.05) is 18.9 Å². The molecule has 0 spiro atoms. The van der Waals surface area contributed by atoms with Crippen LogP contribution in [0.1, 0.15) is 73.4 Å². The summed E-state index contributed by atoms with van der Waals surface area (Å²) in [5.74, 6) is -0.563. The van der Waals surface area contributed by atoms with Crippen LogP contribution in [0.25, 0.3) is 11.0 Å². The molecule has 2 heterocycles. The predicted molar refractivity (Wildman–Crippen MR) is 180 cm³/mol. The molecule has 0 radical (unpaired) electrons. The molecule has 45 heavy (non-hydrogen) atoms. The Kier molecular flexibility index (Phi) is 9.33. The van der Waals surface area contributed by atoms with E-state index in [0.29, 0.717) is 19.6 Å². The molecule has 1 aliphatic heterocycles. The van der Waals surface area contributed by atoms with Gasteiger partial charge in [0.2, 0.25) is 5.91 Å². The van der Waals surface area contributed by atoms with E-state index in [1.807, 2.05) is 54.9 Å². The van der Waals surface area contributed by atoms with E-state index in [0.717, 1.165) is 44.4 Å². The number of aryl methyl sites for hydroxylation is 3. The van der Waals surface area contributed by atoms with Gasteiger partial charge in [0.15, 0.2) is 8.32 Å². The quantitative estimate of drug-likeness (QED) is 0.168. The van der Waals surface area contributed by atoms with E-state index in [9.17, 15) is 9.59 Å². The zero-order valence-electron chi connectivity index (χ0n) is 27.9. The van der Waals surface area contributed by atoms with Crippen LogP contribution < -0.4 is 0 Å². The van der Waals surface area contributed by atoms with E-state index in [-0.39, 0.29) is 35.9 Å². The van der Waals surface area contributed by atoms with Gasteiger partial charge in [-0.15, -0.1) is 5.10 Å². The number of aromatic nitrogens is 3. The number of hydrogen-bond donors (Lipinski definition) is 0. The summed E-state index contributed by atoms with van der Waals surface area (Å²) >= 11 is 0. The van der Waals surface area contributed by atoms with Crippen molar-refractivity contribution in [1.29, 1.82) is 0 Å². The number of nitrogens with zero attached hydrogens (tertiary/aromatic N) is 4. The first kappa shape index (κ1) is 32.6. The van der Waals surface area contributed by atoms with E-state index in [2.05, 4.69) is 75.4 Å². The maximum Gasteiger partial charge on any atom is 0.416 e. The van der Waals surface area contributed by atoms with Crippen molar-refractivity contribution in [2.45, 2.75) is 97.6 Å². The summed E-state index contributed by atoms with van der Waals surface area (Å²) in [6, 6.07) is 20.1. The van der Waals surface area contributed by atoms with Crippen molar-refractivity contribution in [3.05, 3.63) is 94.0 Å². The smallest absolute Gasteiger partial charge is 0.416 e. The first-order valence-electron chi connectivity index (χ1n) is 15.9. The molecule has 0 aliphatic carbocycles. The van der Waals surface area contributed by atoms with Crippen molar-refractivity contribution >= 4 is 31.4 Å². The predicted octanol–water partition coefficient (Wildman–Crippen LogP) is 7.70. The minimum atomic E-state index is -1.98. The molecule has 0 bridgehead atoms. The van der Waals surface area contributed by atoms with E-state index < -0.39 is 14.4 Å². The van der Waals surface area contributed by atoms with Crippen molar-refractivity contribution < 1.29 is 18.8 Å². The first-order valence-corrected chi connectivity index (χ1v) is 18.8. The highest BCUT2D eigenvalue weighted by Gasteiger charge is 2.40. The van der Waals surface area contributed by atoms with Gasteiger partial charge in [-0.3, -0.25) is 4.79 Å². The molecule has 0 saturated carbocycles. The van der Waals surface area contributed by atoms with Gasteiger partial charge in [-0.1, -0.05) is 80.6 Å². The SMILES string of the molecule is CCn1nnc2c(C)c(C(CC(=O)N3C(=O)OC[C@H]3Cc3ccccc3)c3ccc(C)c(CO[Si](C)(C)C(C)(C)C)c3)ccc21. The maximum atomic E-state index is 14.1. The van der Waals surface area contributed by atoms with Gasteiger partial charge in [0.1, 0.15) is 12.1 Å². The molecular weight excluding hydrogens is 581 g/mol. The molecule has 1 saturated heterocycles. The summed E-state index contributed by atoms with van der Waals surface area (Å²) < 4.78 is 13.9. The normalized spacial score (nSPS) is 16.3. The summed E-state index contributed by atoms with van der Waals surface area (Å²) in [5.41, 5.74) is 8.06. The minimum absolute atomic E-state index is 0.0938. The number of rotatable bonds is 10. The fraction of sp³-hybridized carbons (Fsp3) is 0.444. The standard InChI is InChI=1S/C36H46N4O4Si/c1-9-39-32-18-17-30(25(3)34(32)37-38-39)31(27-16-15-24(2)28(20-27)22-44-45(7,8)36(4,5)6)21-33(41)40-29(23-43-35(40)42)19-26-13-11-10-12-14-26/h10-18,20,29,31H,9,19,21-23H2,1-8H3/t29-,31?/m1/s1. The molecule has 1 aromatic heterocycles. The molecule has 2 atom stereocenters. The highest BCUT2D eigenvalue weighted by atomic mass is 28.4. The van der Waals surface area contributed by atoms with Crippen LogP contribution in [0, 0.1) is 13.8 Å². The van der Waals surface area contributed by atoms with Crippen LogP contribution in [-0.2, 0) is 33.5 Å². The molecular formula is C36H46N4O4Si. The number of amides is 2. The number of carbonyl (C=O) groups is 2. The molecule has 9 heteroatoms. The molecule has 1 unspecified atom stereocenters. The van der Waals surface area contributed by atoms with Gasteiger partial charge < -0.3 is 9.16 Å². The van der Waals surface area contributed by atoms with Crippen LogP contribution in [0.2, 0.25) is 18.1 Å². The third kappa shape index (κ3) is 6.74. The van der Waals surface area contributed by atoms with Gasteiger partial charge in [-0.2, -0.15) is 0 Å². The lowest BCUT2D eigenvalue weighted by atomic mass is 9.84. The summed E-state index contributed by atoms with van der Waals surface area (Å²) in [6.45, 7) is 18.8. The van der Waals surface area contributed by atoms with Crippen molar-refractivity contribution in [3.8, 4) is 0 Å². The van der Waals surface area contributed by atoms with Crippen molar-refractivity contribution in [3.63, 3.8) is 0 Å². The molecule has 1 aliphatic rings. The second-order valence-electron chi connectivity index (χ2n) is 13.7. The van der Waals surface area contributed by atoms with Crippen molar-refractivity contribution in [1.82, 2.24) is 19.9 Å². The number of fused-ring (bicyclic) bond motifs is 1. The Hall–Kier alpha value is -3.82. The zero-order chi connectivity index (χ0) is 32.5. The summed E-state index contributed by atoms with van der Waals surface area (Å²) in [7, 11) is -1.98. The topological polar surface area (TPSA) is 86.6 Å². The summed E-state index contributed by atoms with van der Waals surface area (Å²) in [6.07, 6.45) is 0.0819. The number of hydrogen-bond acceptors (Lipinski definition) is 6. The Morgan fingerprint density at radius 3 is 2.51 bits per heavy atom. The van der Waals surface area contributed by atoms with Crippen LogP contribution in [0.15, 0.2) is 60.7 Å². The monoisotopic (exact) mass is 626 g/mol. The zero-order valence-corrected chi connectivity index (χ0v) is 28.9. The van der Waals surface area contributed by atoms with Crippen molar-refractivity contribution in [2.75, 3.05) is 6.61 Å². The Bertz CT molecular complexity index is 1690. The Morgan fingerprint density at radius 2 is 1.82 bits per heavy atom. The van der Waals surface area contributed by atoms with E-state index >= 15 is 0 Å². The summed E-state index contributed by atoms with van der Waals surface area (Å²) in [4.78, 5) is 28.4. The Balaban J connectivity index is 1.52. The van der Waals surface area contributed by atoms with Crippen molar-refractivity contribution in [2.24, 2.45) is 0 Å².